The number of hydrogen-bond donors (Lipinski definition) is 1. The van der Waals surface area contributed by atoms with Crippen molar-refractivity contribution in [3.8, 4) is 0 Å². The highest BCUT2D eigenvalue weighted by Gasteiger charge is 2.27. The average molecular weight is 312 g/mol. The van der Waals surface area contributed by atoms with Gasteiger partial charge in [-0.1, -0.05) is 37.3 Å². The van der Waals surface area contributed by atoms with Gasteiger partial charge in [-0.05, 0) is 12.0 Å². The fraction of sp³-hybridized carbons (Fsp3) is 0.444. The maximum absolute atomic E-state index is 6.02. The monoisotopic (exact) mass is 312 g/mol. The van der Waals surface area contributed by atoms with Gasteiger partial charge < -0.3 is 10.1 Å². The Bertz CT molecular complexity index is 578. The summed E-state index contributed by atoms with van der Waals surface area (Å²) >= 11 is 0. The van der Waals surface area contributed by atoms with E-state index in [0.29, 0.717) is 0 Å². The Morgan fingerprint density at radius 1 is 1.30 bits per heavy atom. The highest BCUT2D eigenvalue weighted by Crippen LogP contribution is 2.17. The molecular formula is C18H24N4O. The van der Waals surface area contributed by atoms with E-state index in [0.717, 1.165) is 38.5 Å². The Labute approximate surface area is 137 Å². The summed E-state index contributed by atoms with van der Waals surface area (Å²) in [7, 11) is 0. The second-order valence-electron chi connectivity index (χ2n) is 5.88. The zero-order chi connectivity index (χ0) is 15.9. The molecule has 5 heteroatoms. The summed E-state index contributed by atoms with van der Waals surface area (Å²) in [5, 5.41) is 3.46. The molecule has 1 aliphatic heterocycles. The summed E-state index contributed by atoms with van der Waals surface area (Å²) < 4.78 is 6.02. The minimum atomic E-state index is 0.166. The van der Waals surface area contributed by atoms with E-state index in [1.165, 1.54) is 5.56 Å². The van der Waals surface area contributed by atoms with Crippen molar-refractivity contribution in [2.24, 2.45) is 0 Å². The van der Waals surface area contributed by atoms with Crippen LogP contribution in [0.3, 0.4) is 0 Å². The van der Waals surface area contributed by atoms with Crippen LogP contribution in [0, 0.1) is 0 Å². The van der Waals surface area contributed by atoms with E-state index in [2.05, 4.69) is 57.4 Å². The smallest absolute Gasteiger partial charge is 0.144 e. The van der Waals surface area contributed by atoms with Crippen LogP contribution >= 0.6 is 0 Å². The lowest BCUT2D eigenvalue weighted by atomic mass is 10.1. The van der Waals surface area contributed by atoms with Crippen molar-refractivity contribution in [1.82, 2.24) is 14.9 Å². The zero-order valence-corrected chi connectivity index (χ0v) is 13.6. The van der Waals surface area contributed by atoms with Gasteiger partial charge in [-0.25, -0.2) is 4.98 Å². The fourth-order valence-corrected chi connectivity index (χ4v) is 2.98. The Morgan fingerprint density at radius 3 is 2.91 bits per heavy atom. The van der Waals surface area contributed by atoms with Crippen LogP contribution < -0.4 is 5.32 Å². The van der Waals surface area contributed by atoms with Crippen molar-refractivity contribution < 1.29 is 4.74 Å². The average Bonchev–Trinajstić information content (AvgIpc) is 2.62. The molecule has 5 nitrogen and oxygen atoms in total. The number of morpholine rings is 1. The Balaban J connectivity index is 1.60. The molecule has 1 aromatic carbocycles. The van der Waals surface area contributed by atoms with Crippen LogP contribution in [-0.4, -0.2) is 46.7 Å². The standard InChI is InChI=1S/C18H24N4O/c1-2-16(21-18-12-19-8-9-20-18)17-14-22(10-11-23-17)13-15-6-4-3-5-7-15/h3-9,12,16-17H,2,10-11,13-14H2,1H3,(H,20,21). The normalized spacial score (nSPS) is 20.1. The summed E-state index contributed by atoms with van der Waals surface area (Å²) in [6.45, 7) is 5.83. The summed E-state index contributed by atoms with van der Waals surface area (Å²) in [5.41, 5.74) is 1.35. The van der Waals surface area contributed by atoms with Gasteiger partial charge in [0.15, 0.2) is 0 Å². The first-order chi connectivity index (χ1) is 11.3. The number of nitrogens with zero attached hydrogens (tertiary/aromatic N) is 3. The minimum Gasteiger partial charge on any atom is -0.373 e. The first kappa shape index (κ1) is 15.9. The highest BCUT2D eigenvalue weighted by atomic mass is 16.5. The molecular weight excluding hydrogens is 288 g/mol. The lowest BCUT2D eigenvalue weighted by Gasteiger charge is -2.37. The lowest BCUT2D eigenvalue weighted by Crippen LogP contribution is -2.49. The van der Waals surface area contributed by atoms with E-state index >= 15 is 0 Å². The van der Waals surface area contributed by atoms with Gasteiger partial charge in [0.25, 0.3) is 0 Å². The van der Waals surface area contributed by atoms with Crippen molar-refractivity contribution in [3.63, 3.8) is 0 Å². The molecule has 122 valence electrons. The number of rotatable bonds is 6. The molecule has 0 radical (unpaired) electrons. The van der Waals surface area contributed by atoms with Crippen molar-refractivity contribution in [3.05, 3.63) is 54.5 Å². The van der Waals surface area contributed by atoms with Crippen molar-refractivity contribution in [2.45, 2.75) is 32.0 Å². The molecule has 1 fully saturated rings. The van der Waals surface area contributed by atoms with E-state index in [1.807, 2.05) is 0 Å². The Kier molecular flexibility index (Phi) is 5.56. The molecule has 0 saturated carbocycles. The van der Waals surface area contributed by atoms with Crippen LogP contribution in [0.25, 0.3) is 0 Å². The summed E-state index contributed by atoms with van der Waals surface area (Å²) in [4.78, 5) is 10.9. The number of ether oxygens (including phenoxy) is 1. The van der Waals surface area contributed by atoms with E-state index in [4.69, 9.17) is 4.74 Å². The van der Waals surface area contributed by atoms with Crippen molar-refractivity contribution >= 4 is 5.82 Å². The second-order valence-corrected chi connectivity index (χ2v) is 5.88. The van der Waals surface area contributed by atoms with Gasteiger partial charge in [-0.3, -0.25) is 9.88 Å². The third kappa shape index (κ3) is 4.50. The van der Waals surface area contributed by atoms with Crippen LogP contribution in [0.4, 0.5) is 5.82 Å². The first-order valence-electron chi connectivity index (χ1n) is 8.25. The quantitative estimate of drug-likeness (QED) is 0.888. The molecule has 1 aliphatic rings. The largest absolute Gasteiger partial charge is 0.373 e. The summed E-state index contributed by atoms with van der Waals surface area (Å²) in [6.07, 6.45) is 6.30. The van der Waals surface area contributed by atoms with Crippen molar-refractivity contribution in [1.29, 1.82) is 0 Å². The molecule has 1 N–H and O–H groups in total. The van der Waals surface area contributed by atoms with Crippen LogP contribution in [0.5, 0.6) is 0 Å². The van der Waals surface area contributed by atoms with Crippen LogP contribution in [0.1, 0.15) is 18.9 Å². The minimum absolute atomic E-state index is 0.166. The molecule has 1 saturated heterocycles. The van der Waals surface area contributed by atoms with E-state index in [-0.39, 0.29) is 12.1 Å². The van der Waals surface area contributed by atoms with Crippen LogP contribution in [-0.2, 0) is 11.3 Å². The summed E-state index contributed by atoms with van der Waals surface area (Å²) in [6, 6.07) is 10.9. The third-order valence-corrected chi connectivity index (χ3v) is 4.21. The van der Waals surface area contributed by atoms with Gasteiger partial charge in [-0.2, -0.15) is 0 Å². The lowest BCUT2D eigenvalue weighted by molar-refractivity contribution is -0.0403. The third-order valence-electron chi connectivity index (χ3n) is 4.21. The molecule has 2 unspecified atom stereocenters. The van der Waals surface area contributed by atoms with Gasteiger partial charge >= 0.3 is 0 Å². The molecule has 0 aliphatic carbocycles. The predicted molar refractivity (Wildman–Crippen MR) is 91.2 cm³/mol. The molecule has 2 aromatic rings. The van der Waals surface area contributed by atoms with Gasteiger partial charge in [-0.15, -0.1) is 0 Å². The number of nitrogens with one attached hydrogen (secondary N) is 1. The SMILES string of the molecule is CCC(Nc1cnccn1)C1CN(Cc2ccccc2)CCO1. The van der Waals surface area contributed by atoms with E-state index < -0.39 is 0 Å². The molecule has 0 amide bonds. The second kappa shape index (κ2) is 8.04. The number of hydrogen-bond acceptors (Lipinski definition) is 5. The molecule has 2 atom stereocenters. The Morgan fingerprint density at radius 2 is 2.17 bits per heavy atom. The van der Waals surface area contributed by atoms with Crippen molar-refractivity contribution in [2.75, 3.05) is 25.0 Å². The topological polar surface area (TPSA) is 50.3 Å². The molecule has 3 rings (SSSR count). The first-order valence-corrected chi connectivity index (χ1v) is 8.25. The maximum atomic E-state index is 6.02. The summed E-state index contributed by atoms with van der Waals surface area (Å²) in [5.74, 6) is 0.808. The zero-order valence-electron chi connectivity index (χ0n) is 13.6. The van der Waals surface area contributed by atoms with E-state index in [1.54, 1.807) is 18.6 Å². The molecule has 0 bridgehead atoms. The predicted octanol–water partition coefficient (Wildman–Crippen LogP) is 2.57. The van der Waals surface area contributed by atoms with Gasteiger partial charge in [0.2, 0.25) is 0 Å². The Hall–Kier alpha value is -1.98. The fourth-order valence-electron chi connectivity index (χ4n) is 2.98. The number of benzene rings is 1. The number of anilines is 1. The molecule has 2 heterocycles. The molecule has 23 heavy (non-hydrogen) atoms. The van der Waals surface area contributed by atoms with E-state index in [9.17, 15) is 0 Å². The van der Waals surface area contributed by atoms with Gasteiger partial charge in [0, 0.05) is 32.0 Å². The van der Waals surface area contributed by atoms with Crippen LogP contribution in [0.15, 0.2) is 48.9 Å². The van der Waals surface area contributed by atoms with Gasteiger partial charge in [0.05, 0.1) is 24.9 Å². The molecule has 0 spiro atoms. The van der Waals surface area contributed by atoms with Crippen LogP contribution in [0.2, 0.25) is 0 Å². The highest BCUT2D eigenvalue weighted by molar-refractivity contribution is 5.32. The maximum Gasteiger partial charge on any atom is 0.144 e. The van der Waals surface area contributed by atoms with Gasteiger partial charge in [0.1, 0.15) is 5.82 Å². The molecule has 1 aromatic heterocycles. The number of aromatic nitrogens is 2.